The molecule has 1 saturated carbocycles. The lowest BCUT2D eigenvalue weighted by molar-refractivity contribution is 0.629. The first-order valence-corrected chi connectivity index (χ1v) is 5.03. The lowest BCUT2D eigenvalue weighted by Crippen LogP contribution is -1.80. The summed E-state index contributed by atoms with van der Waals surface area (Å²) < 4.78 is 13.0. The fourth-order valence-corrected chi connectivity index (χ4v) is 2.22. The maximum atomic E-state index is 13.0. The summed E-state index contributed by atoms with van der Waals surface area (Å²) >= 11 is 0. The molecule has 1 heterocycles. The summed E-state index contributed by atoms with van der Waals surface area (Å²) in [4.78, 5) is 3.25. The van der Waals surface area contributed by atoms with Gasteiger partial charge in [-0.3, -0.25) is 0 Å². The second kappa shape index (κ2) is 2.59. The molecule has 0 unspecified atom stereocenters. The predicted molar refractivity (Wildman–Crippen MR) is 55.0 cm³/mol. The van der Waals surface area contributed by atoms with E-state index in [0.29, 0.717) is 5.92 Å². The molecule has 2 heteroatoms. The summed E-state index contributed by atoms with van der Waals surface area (Å²) in [6.45, 7) is 2.07. The fourth-order valence-electron chi connectivity index (χ4n) is 2.22. The molecule has 0 spiro atoms. The number of aromatic nitrogens is 1. The van der Waals surface area contributed by atoms with E-state index in [0.717, 1.165) is 5.52 Å². The van der Waals surface area contributed by atoms with Crippen LogP contribution in [0.3, 0.4) is 0 Å². The van der Waals surface area contributed by atoms with Crippen molar-refractivity contribution in [1.29, 1.82) is 0 Å². The molecule has 0 saturated heterocycles. The predicted octanol–water partition coefficient (Wildman–Crippen LogP) is 3.49. The normalized spacial score (nSPS) is 16.4. The van der Waals surface area contributed by atoms with Gasteiger partial charge in [-0.2, -0.15) is 0 Å². The van der Waals surface area contributed by atoms with E-state index in [1.165, 1.54) is 29.5 Å². The van der Waals surface area contributed by atoms with Crippen LogP contribution < -0.4 is 0 Å². The Morgan fingerprint density at radius 2 is 2.14 bits per heavy atom. The van der Waals surface area contributed by atoms with Crippen molar-refractivity contribution in [2.24, 2.45) is 0 Å². The van der Waals surface area contributed by atoms with Gasteiger partial charge in [0, 0.05) is 16.6 Å². The van der Waals surface area contributed by atoms with E-state index in [1.54, 1.807) is 12.1 Å². The summed E-state index contributed by atoms with van der Waals surface area (Å²) in [5, 5.41) is 1.20. The number of aromatic amines is 1. The van der Waals surface area contributed by atoms with Crippen LogP contribution in [-0.4, -0.2) is 4.98 Å². The molecule has 14 heavy (non-hydrogen) atoms. The van der Waals surface area contributed by atoms with Crippen LogP contribution in [0.25, 0.3) is 10.9 Å². The summed E-state index contributed by atoms with van der Waals surface area (Å²) in [5.74, 6) is 0.551. The molecule has 1 aromatic carbocycles. The van der Waals surface area contributed by atoms with Gasteiger partial charge in [-0.25, -0.2) is 4.39 Å². The van der Waals surface area contributed by atoms with Crippen LogP contribution in [0.5, 0.6) is 0 Å². The van der Waals surface area contributed by atoms with Gasteiger partial charge < -0.3 is 4.98 Å². The molecule has 2 aromatic rings. The lowest BCUT2D eigenvalue weighted by atomic mass is 10.1. The Hall–Kier alpha value is -1.31. The molecular formula is C12H12FN. The van der Waals surface area contributed by atoms with Crippen LogP contribution in [0.2, 0.25) is 0 Å². The maximum Gasteiger partial charge on any atom is 0.125 e. The zero-order valence-corrected chi connectivity index (χ0v) is 8.10. The molecule has 1 aliphatic carbocycles. The van der Waals surface area contributed by atoms with E-state index in [1.807, 2.05) is 6.07 Å². The Morgan fingerprint density at radius 3 is 2.86 bits per heavy atom. The summed E-state index contributed by atoms with van der Waals surface area (Å²) in [6.07, 6.45) is 2.57. The molecule has 0 aliphatic heterocycles. The van der Waals surface area contributed by atoms with Crippen LogP contribution in [0.15, 0.2) is 18.2 Å². The van der Waals surface area contributed by atoms with Crippen molar-refractivity contribution in [1.82, 2.24) is 4.98 Å². The molecule has 0 amide bonds. The molecule has 1 nitrogen and oxygen atoms in total. The van der Waals surface area contributed by atoms with Gasteiger partial charge in [0.1, 0.15) is 5.82 Å². The van der Waals surface area contributed by atoms with Crippen molar-refractivity contribution in [3.63, 3.8) is 0 Å². The Bertz CT molecular complexity index is 494. The number of H-pyrrole nitrogens is 1. The minimum atomic E-state index is -0.166. The van der Waals surface area contributed by atoms with Gasteiger partial charge >= 0.3 is 0 Å². The van der Waals surface area contributed by atoms with Crippen LogP contribution in [-0.2, 0) is 0 Å². The van der Waals surface area contributed by atoms with Gasteiger partial charge in [0.25, 0.3) is 0 Å². The van der Waals surface area contributed by atoms with Crippen molar-refractivity contribution in [3.8, 4) is 0 Å². The SMILES string of the molecule is Cc1[nH]c2cc(F)ccc2c1C1CC1. The third-order valence-electron chi connectivity index (χ3n) is 2.98. The standard InChI is InChI=1S/C12H12FN/c1-7-12(8-2-3-8)10-5-4-9(13)6-11(10)14-7/h4-6,8,14H,2-3H2,1H3. The summed E-state index contributed by atoms with van der Waals surface area (Å²) in [7, 11) is 0. The van der Waals surface area contributed by atoms with Crippen molar-refractivity contribution in [3.05, 3.63) is 35.3 Å². The van der Waals surface area contributed by atoms with E-state index in [9.17, 15) is 4.39 Å². The highest BCUT2D eigenvalue weighted by Crippen LogP contribution is 2.44. The number of nitrogens with one attached hydrogen (secondary N) is 1. The van der Waals surface area contributed by atoms with Gasteiger partial charge in [-0.15, -0.1) is 0 Å². The molecule has 1 aromatic heterocycles. The zero-order valence-electron chi connectivity index (χ0n) is 8.10. The number of benzene rings is 1. The monoisotopic (exact) mass is 189 g/mol. The number of hydrogen-bond acceptors (Lipinski definition) is 0. The number of hydrogen-bond donors (Lipinski definition) is 1. The largest absolute Gasteiger partial charge is 0.358 e. The molecule has 1 fully saturated rings. The van der Waals surface area contributed by atoms with Crippen LogP contribution in [0.4, 0.5) is 4.39 Å². The number of halogens is 1. The van der Waals surface area contributed by atoms with Crippen LogP contribution in [0.1, 0.15) is 30.0 Å². The van der Waals surface area contributed by atoms with Gasteiger partial charge in [0.05, 0.1) is 0 Å². The molecule has 72 valence electrons. The smallest absolute Gasteiger partial charge is 0.125 e. The summed E-state index contributed by atoms with van der Waals surface area (Å²) in [5.41, 5.74) is 3.54. The van der Waals surface area contributed by atoms with Crippen molar-refractivity contribution in [2.45, 2.75) is 25.7 Å². The third kappa shape index (κ3) is 1.07. The van der Waals surface area contributed by atoms with Gasteiger partial charge in [0.2, 0.25) is 0 Å². The van der Waals surface area contributed by atoms with Gasteiger partial charge in [-0.05, 0) is 49.4 Å². The van der Waals surface area contributed by atoms with Crippen molar-refractivity contribution >= 4 is 10.9 Å². The molecule has 0 radical (unpaired) electrons. The minimum absolute atomic E-state index is 0.166. The average Bonchev–Trinajstić information content (AvgIpc) is 2.89. The fraction of sp³-hybridized carbons (Fsp3) is 0.333. The average molecular weight is 189 g/mol. The van der Waals surface area contributed by atoms with Crippen LogP contribution >= 0.6 is 0 Å². The van der Waals surface area contributed by atoms with Crippen molar-refractivity contribution in [2.75, 3.05) is 0 Å². The molecular weight excluding hydrogens is 177 g/mol. The molecule has 0 atom stereocenters. The highest BCUT2D eigenvalue weighted by Gasteiger charge is 2.28. The number of aryl methyl sites for hydroxylation is 1. The maximum absolute atomic E-state index is 13.0. The molecule has 0 bridgehead atoms. The molecule has 1 aliphatic rings. The van der Waals surface area contributed by atoms with E-state index in [2.05, 4.69) is 11.9 Å². The lowest BCUT2D eigenvalue weighted by Gasteiger charge is -1.96. The highest BCUT2D eigenvalue weighted by atomic mass is 19.1. The van der Waals surface area contributed by atoms with Gasteiger partial charge in [0.15, 0.2) is 0 Å². The first kappa shape index (κ1) is 8.04. The second-order valence-electron chi connectivity index (χ2n) is 4.13. The Balaban J connectivity index is 2.32. The zero-order chi connectivity index (χ0) is 9.71. The molecule has 3 rings (SSSR count). The Kier molecular flexibility index (Phi) is 1.49. The molecule has 1 N–H and O–H groups in total. The summed E-state index contributed by atoms with van der Waals surface area (Å²) in [6, 6.07) is 5.01. The van der Waals surface area contributed by atoms with Gasteiger partial charge in [-0.1, -0.05) is 0 Å². The van der Waals surface area contributed by atoms with E-state index >= 15 is 0 Å². The van der Waals surface area contributed by atoms with Crippen LogP contribution in [0, 0.1) is 12.7 Å². The Labute approximate surface area is 81.9 Å². The second-order valence-corrected chi connectivity index (χ2v) is 4.13. The van der Waals surface area contributed by atoms with E-state index in [-0.39, 0.29) is 5.82 Å². The van der Waals surface area contributed by atoms with Crippen molar-refractivity contribution < 1.29 is 4.39 Å². The third-order valence-corrected chi connectivity index (χ3v) is 2.98. The number of fused-ring (bicyclic) bond motifs is 1. The first-order valence-electron chi connectivity index (χ1n) is 5.03. The first-order chi connectivity index (χ1) is 6.75. The van der Waals surface area contributed by atoms with E-state index < -0.39 is 0 Å². The topological polar surface area (TPSA) is 15.8 Å². The minimum Gasteiger partial charge on any atom is -0.358 e. The van der Waals surface area contributed by atoms with E-state index in [4.69, 9.17) is 0 Å². The number of rotatable bonds is 1. The highest BCUT2D eigenvalue weighted by molar-refractivity contribution is 5.85. The quantitative estimate of drug-likeness (QED) is 0.706. The Morgan fingerprint density at radius 1 is 1.36 bits per heavy atom.